The Bertz CT molecular complexity index is 360. The highest BCUT2D eigenvalue weighted by Gasteiger charge is 2.01. The molecule has 0 unspecified atom stereocenters. The van der Waals surface area contributed by atoms with Crippen molar-refractivity contribution in [2.75, 3.05) is 0 Å². The van der Waals surface area contributed by atoms with Gasteiger partial charge in [0.2, 0.25) is 5.70 Å². The molecule has 0 aromatic heterocycles. The van der Waals surface area contributed by atoms with Crippen LogP contribution in [0.3, 0.4) is 0 Å². The summed E-state index contributed by atoms with van der Waals surface area (Å²) in [5, 5.41) is 10.9. The van der Waals surface area contributed by atoms with E-state index in [0.29, 0.717) is 5.02 Å². The molecule has 1 rings (SSSR count). The summed E-state index contributed by atoms with van der Waals surface area (Å²) in [7, 11) is 0. The first kappa shape index (κ1) is 9.74. The monoisotopic (exact) mass is 197 g/mol. The fraction of sp³-hybridized carbons (Fsp3) is 0.111. The molecule has 0 saturated carbocycles. The third kappa shape index (κ3) is 2.87. The van der Waals surface area contributed by atoms with Crippen molar-refractivity contribution in [1.29, 1.82) is 0 Å². The highest BCUT2D eigenvalue weighted by atomic mass is 35.5. The van der Waals surface area contributed by atoms with Gasteiger partial charge in [0.05, 0.1) is 4.92 Å². The van der Waals surface area contributed by atoms with E-state index in [4.69, 9.17) is 11.6 Å². The molecule has 0 radical (unpaired) electrons. The molecule has 3 nitrogen and oxygen atoms in total. The van der Waals surface area contributed by atoms with Crippen molar-refractivity contribution in [3.8, 4) is 0 Å². The average molecular weight is 198 g/mol. The SMILES string of the molecule is CC(=Cc1cccc(Cl)c1)[N+](=O)[O-]. The summed E-state index contributed by atoms with van der Waals surface area (Å²) in [5.41, 5.74) is 0.837. The zero-order chi connectivity index (χ0) is 9.84. The minimum absolute atomic E-state index is 0.0993. The van der Waals surface area contributed by atoms with Gasteiger partial charge in [0, 0.05) is 18.0 Å². The lowest BCUT2D eigenvalue weighted by Crippen LogP contribution is -1.92. The van der Waals surface area contributed by atoms with E-state index < -0.39 is 4.92 Å². The first-order valence-corrected chi connectivity index (χ1v) is 4.05. The highest BCUT2D eigenvalue weighted by molar-refractivity contribution is 6.30. The number of halogens is 1. The molecule has 0 aliphatic rings. The molecular formula is C9H8ClNO2. The molecule has 0 aliphatic heterocycles. The fourth-order valence-corrected chi connectivity index (χ4v) is 1.09. The van der Waals surface area contributed by atoms with Gasteiger partial charge in [-0.15, -0.1) is 0 Å². The van der Waals surface area contributed by atoms with Gasteiger partial charge in [-0.05, 0) is 17.7 Å². The van der Waals surface area contributed by atoms with Crippen LogP contribution < -0.4 is 0 Å². The first-order chi connectivity index (χ1) is 6.09. The molecule has 0 aliphatic carbocycles. The Morgan fingerprint density at radius 1 is 1.62 bits per heavy atom. The van der Waals surface area contributed by atoms with Crippen molar-refractivity contribution in [3.05, 3.63) is 50.7 Å². The van der Waals surface area contributed by atoms with Crippen LogP contribution in [0.15, 0.2) is 30.0 Å². The van der Waals surface area contributed by atoms with Crippen LogP contribution in [-0.2, 0) is 0 Å². The maximum Gasteiger partial charge on any atom is 0.243 e. The molecule has 4 heteroatoms. The van der Waals surface area contributed by atoms with Crippen molar-refractivity contribution in [3.63, 3.8) is 0 Å². The Morgan fingerprint density at radius 3 is 2.85 bits per heavy atom. The quantitative estimate of drug-likeness (QED) is 0.540. The summed E-state index contributed by atoms with van der Waals surface area (Å²) in [6.45, 7) is 1.45. The van der Waals surface area contributed by atoms with Gasteiger partial charge in [-0.1, -0.05) is 23.7 Å². The third-order valence-corrected chi connectivity index (χ3v) is 1.75. The van der Waals surface area contributed by atoms with Gasteiger partial charge in [0.15, 0.2) is 0 Å². The van der Waals surface area contributed by atoms with Crippen LogP contribution in [0.25, 0.3) is 6.08 Å². The third-order valence-electron chi connectivity index (χ3n) is 1.51. The molecule has 0 N–H and O–H groups in total. The second kappa shape index (κ2) is 4.05. The molecule has 68 valence electrons. The van der Waals surface area contributed by atoms with Crippen molar-refractivity contribution in [1.82, 2.24) is 0 Å². The van der Waals surface area contributed by atoms with E-state index in [9.17, 15) is 10.1 Å². The Labute approximate surface area is 80.8 Å². The molecule has 0 heterocycles. The van der Waals surface area contributed by atoms with Gasteiger partial charge in [0.25, 0.3) is 0 Å². The van der Waals surface area contributed by atoms with Gasteiger partial charge in [-0.25, -0.2) is 0 Å². The average Bonchev–Trinajstić information content (AvgIpc) is 2.04. The summed E-state index contributed by atoms with van der Waals surface area (Å²) < 4.78 is 0. The molecule has 1 aromatic carbocycles. The lowest BCUT2D eigenvalue weighted by atomic mass is 10.2. The van der Waals surface area contributed by atoms with Gasteiger partial charge in [0.1, 0.15) is 0 Å². The van der Waals surface area contributed by atoms with Crippen molar-refractivity contribution in [2.24, 2.45) is 0 Å². The van der Waals surface area contributed by atoms with Gasteiger partial charge in [-0.3, -0.25) is 10.1 Å². The number of nitrogens with zero attached hydrogens (tertiary/aromatic N) is 1. The summed E-state index contributed by atoms with van der Waals surface area (Å²) in [6, 6.07) is 6.91. The zero-order valence-corrected chi connectivity index (χ0v) is 7.78. The smallest absolute Gasteiger partial charge is 0.243 e. The lowest BCUT2D eigenvalue weighted by molar-refractivity contribution is -0.422. The Morgan fingerprint density at radius 2 is 2.31 bits per heavy atom. The maximum atomic E-state index is 10.3. The van der Waals surface area contributed by atoms with Crippen molar-refractivity contribution in [2.45, 2.75) is 6.92 Å². The summed E-state index contributed by atoms with van der Waals surface area (Å²) in [5.74, 6) is 0. The first-order valence-electron chi connectivity index (χ1n) is 3.68. The minimum atomic E-state index is -0.430. The topological polar surface area (TPSA) is 43.1 Å². The molecule has 0 atom stereocenters. The summed E-state index contributed by atoms with van der Waals surface area (Å²) in [6.07, 6.45) is 1.48. The summed E-state index contributed by atoms with van der Waals surface area (Å²) >= 11 is 5.71. The van der Waals surface area contributed by atoms with E-state index in [2.05, 4.69) is 0 Å². The molecule has 0 bridgehead atoms. The van der Waals surface area contributed by atoms with E-state index in [1.54, 1.807) is 24.3 Å². The van der Waals surface area contributed by atoms with Crippen LogP contribution in [0, 0.1) is 10.1 Å². The Hall–Kier alpha value is -1.35. The van der Waals surface area contributed by atoms with E-state index in [-0.39, 0.29) is 5.70 Å². The molecular weight excluding hydrogens is 190 g/mol. The van der Waals surface area contributed by atoms with Crippen LogP contribution in [0.4, 0.5) is 0 Å². The van der Waals surface area contributed by atoms with E-state index in [1.165, 1.54) is 13.0 Å². The second-order valence-corrected chi connectivity index (χ2v) is 3.03. The molecule has 13 heavy (non-hydrogen) atoms. The Balaban J connectivity index is 2.97. The standard InChI is InChI=1S/C9H8ClNO2/c1-7(11(12)13)5-8-3-2-4-9(10)6-8/h2-6H,1H3. The van der Waals surface area contributed by atoms with Crippen LogP contribution in [0.5, 0.6) is 0 Å². The number of hydrogen-bond acceptors (Lipinski definition) is 2. The molecule has 0 saturated heterocycles. The van der Waals surface area contributed by atoms with E-state index in [0.717, 1.165) is 5.56 Å². The number of nitro groups is 1. The van der Waals surface area contributed by atoms with E-state index in [1.807, 2.05) is 0 Å². The number of hydrogen-bond donors (Lipinski definition) is 0. The largest absolute Gasteiger partial charge is 0.259 e. The fourth-order valence-electron chi connectivity index (χ4n) is 0.890. The Kier molecular flexibility index (Phi) is 3.03. The number of rotatable bonds is 2. The number of benzene rings is 1. The normalized spacial score (nSPS) is 11.4. The minimum Gasteiger partial charge on any atom is -0.259 e. The van der Waals surface area contributed by atoms with Crippen molar-refractivity contribution >= 4 is 17.7 Å². The second-order valence-electron chi connectivity index (χ2n) is 2.60. The highest BCUT2D eigenvalue weighted by Crippen LogP contribution is 2.13. The molecule has 1 aromatic rings. The predicted octanol–water partition coefficient (Wildman–Crippen LogP) is 2.98. The molecule has 0 fully saturated rings. The van der Waals surface area contributed by atoms with Crippen LogP contribution in [0.2, 0.25) is 5.02 Å². The van der Waals surface area contributed by atoms with Crippen LogP contribution in [0.1, 0.15) is 12.5 Å². The van der Waals surface area contributed by atoms with Crippen LogP contribution >= 0.6 is 11.6 Å². The summed E-state index contributed by atoms with van der Waals surface area (Å²) in [4.78, 5) is 9.86. The van der Waals surface area contributed by atoms with Gasteiger partial charge < -0.3 is 0 Å². The van der Waals surface area contributed by atoms with Crippen molar-refractivity contribution < 1.29 is 4.92 Å². The van der Waals surface area contributed by atoms with Gasteiger partial charge >= 0.3 is 0 Å². The zero-order valence-electron chi connectivity index (χ0n) is 7.03. The maximum absolute atomic E-state index is 10.3. The molecule has 0 amide bonds. The lowest BCUT2D eigenvalue weighted by Gasteiger charge is -1.93. The van der Waals surface area contributed by atoms with Crippen LogP contribution in [-0.4, -0.2) is 4.92 Å². The molecule has 0 spiro atoms. The number of allylic oxidation sites excluding steroid dienone is 1. The van der Waals surface area contributed by atoms with Gasteiger partial charge in [-0.2, -0.15) is 0 Å². The predicted molar refractivity (Wildman–Crippen MR) is 52.1 cm³/mol. The van der Waals surface area contributed by atoms with E-state index >= 15 is 0 Å².